The third-order valence-corrected chi connectivity index (χ3v) is 3.28. The number of rotatable bonds is 8. The van der Waals surface area contributed by atoms with Gasteiger partial charge in [0, 0.05) is 18.2 Å². The van der Waals surface area contributed by atoms with E-state index in [2.05, 4.69) is 10.6 Å². The summed E-state index contributed by atoms with van der Waals surface area (Å²) in [6.45, 7) is 7.52. The summed E-state index contributed by atoms with van der Waals surface area (Å²) in [6, 6.07) is 5.73. The minimum absolute atomic E-state index is 0.0206. The van der Waals surface area contributed by atoms with Gasteiger partial charge in [-0.3, -0.25) is 4.79 Å². The summed E-state index contributed by atoms with van der Waals surface area (Å²) in [5, 5.41) is 6.61. The maximum Gasteiger partial charge on any atom is 0.258 e. The van der Waals surface area contributed by atoms with Crippen molar-refractivity contribution in [2.75, 3.05) is 13.2 Å². The number of hydrogen-bond donors (Lipinski definition) is 2. The van der Waals surface area contributed by atoms with Crippen molar-refractivity contribution in [2.24, 2.45) is 0 Å². The highest BCUT2D eigenvalue weighted by atomic mass is 35.5. The highest BCUT2D eigenvalue weighted by molar-refractivity contribution is 6.32. The van der Waals surface area contributed by atoms with Gasteiger partial charge in [-0.1, -0.05) is 37.6 Å². The molecule has 0 saturated carbocycles. The molecule has 1 aromatic carbocycles. The Bertz CT molecular complexity index is 438. The second-order valence-electron chi connectivity index (χ2n) is 4.67. The van der Waals surface area contributed by atoms with E-state index in [0.717, 1.165) is 18.5 Å². The van der Waals surface area contributed by atoms with Crippen LogP contribution in [0.4, 0.5) is 0 Å². The second-order valence-corrected chi connectivity index (χ2v) is 5.08. The first kappa shape index (κ1) is 16.8. The normalized spacial score (nSPS) is 12.0. The topological polar surface area (TPSA) is 50.4 Å². The Hall–Kier alpha value is -1.26. The summed E-state index contributed by atoms with van der Waals surface area (Å²) in [5.74, 6) is 0.447. The van der Waals surface area contributed by atoms with Gasteiger partial charge in [0.25, 0.3) is 5.91 Å². The number of carbonyl (C=O) groups excluding carboxylic acids is 1. The molecule has 0 bridgehead atoms. The molecule has 0 fully saturated rings. The van der Waals surface area contributed by atoms with Crippen LogP contribution in [-0.2, 0) is 11.3 Å². The molecule has 1 amide bonds. The van der Waals surface area contributed by atoms with Crippen LogP contribution in [0.1, 0.15) is 32.8 Å². The van der Waals surface area contributed by atoms with Crippen molar-refractivity contribution >= 4 is 17.5 Å². The Morgan fingerprint density at radius 1 is 1.40 bits per heavy atom. The van der Waals surface area contributed by atoms with Crippen molar-refractivity contribution in [3.05, 3.63) is 28.8 Å². The van der Waals surface area contributed by atoms with E-state index >= 15 is 0 Å². The van der Waals surface area contributed by atoms with E-state index in [1.165, 1.54) is 0 Å². The molecule has 0 aliphatic heterocycles. The molecule has 0 saturated heterocycles. The third kappa shape index (κ3) is 5.39. The number of carbonyl (C=O) groups is 1. The van der Waals surface area contributed by atoms with Gasteiger partial charge < -0.3 is 15.4 Å². The lowest BCUT2D eigenvalue weighted by molar-refractivity contribution is -0.123. The van der Waals surface area contributed by atoms with Gasteiger partial charge in [0.1, 0.15) is 5.75 Å². The molecule has 0 aromatic heterocycles. The van der Waals surface area contributed by atoms with Crippen molar-refractivity contribution in [3.8, 4) is 5.75 Å². The van der Waals surface area contributed by atoms with Crippen LogP contribution in [0, 0.1) is 0 Å². The third-order valence-electron chi connectivity index (χ3n) is 2.98. The molecule has 1 aromatic rings. The van der Waals surface area contributed by atoms with Gasteiger partial charge in [-0.15, -0.1) is 0 Å². The van der Waals surface area contributed by atoms with Crippen molar-refractivity contribution < 1.29 is 9.53 Å². The number of nitrogens with one attached hydrogen (secondary N) is 2. The maximum absolute atomic E-state index is 11.7. The number of ether oxygens (including phenoxy) is 1. The lowest BCUT2D eigenvalue weighted by Gasteiger charge is -2.15. The monoisotopic (exact) mass is 298 g/mol. The van der Waals surface area contributed by atoms with Crippen molar-refractivity contribution in [1.29, 1.82) is 0 Å². The Morgan fingerprint density at radius 2 is 2.15 bits per heavy atom. The van der Waals surface area contributed by atoms with Gasteiger partial charge >= 0.3 is 0 Å². The van der Waals surface area contributed by atoms with E-state index in [4.69, 9.17) is 16.3 Å². The first-order chi connectivity index (χ1) is 9.58. The van der Waals surface area contributed by atoms with Crippen molar-refractivity contribution in [3.63, 3.8) is 0 Å². The van der Waals surface area contributed by atoms with Crippen molar-refractivity contribution in [2.45, 2.75) is 39.8 Å². The standard InChI is InChI=1S/C15H23ClN2O2/c1-4-11(3)18-14(19)10-20-15-12(9-17-5-2)7-6-8-13(15)16/h6-8,11,17H,4-5,9-10H2,1-3H3,(H,18,19). The molecule has 20 heavy (non-hydrogen) atoms. The Labute approximate surface area is 125 Å². The molecule has 1 atom stereocenters. The lowest BCUT2D eigenvalue weighted by Crippen LogP contribution is -2.35. The van der Waals surface area contributed by atoms with E-state index in [0.29, 0.717) is 17.3 Å². The zero-order chi connectivity index (χ0) is 15.0. The van der Waals surface area contributed by atoms with E-state index < -0.39 is 0 Å². The molecule has 0 aliphatic carbocycles. The van der Waals surface area contributed by atoms with E-state index in [-0.39, 0.29) is 18.6 Å². The molecular formula is C15H23ClN2O2. The highest BCUT2D eigenvalue weighted by Gasteiger charge is 2.11. The first-order valence-corrected chi connectivity index (χ1v) is 7.36. The van der Waals surface area contributed by atoms with Gasteiger partial charge in [-0.25, -0.2) is 0 Å². The molecule has 2 N–H and O–H groups in total. The fraction of sp³-hybridized carbons (Fsp3) is 0.533. The molecule has 0 spiro atoms. The molecule has 4 nitrogen and oxygen atoms in total. The molecule has 112 valence electrons. The number of hydrogen-bond acceptors (Lipinski definition) is 3. The zero-order valence-electron chi connectivity index (χ0n) is 12.3. The summed E-state index contributed by atoms with van der Waals surface area (Å²) in [4.78, 5) is 11.7. The number of halogens is 1. The largest absolute Gasteiger partial charge is 0.482 e. The fourth-order valence-electron chi connectivity index (χ4n) is 1.67. The van der Waals surface area contributed by atoms with Gasteiger partial charge in [0.15, 0.2) is 6.61 Å². The van der Waals surface area contributed by atoms with Crippen molar-refractivity contribution in [1.82, 2.24) is 10.6 Å². The van der Waals surface area contributed by atoms with Crippen LogP contribution in [0.15, 0.2) is 18.2 Å². The number of benzene rings is 1. The van der Waals surface area contributed by atoms with Gasteiger partial charge in [0.2, 0.25) is 0 Å². The molecule has 0 heterocycles. The van der Waals surface area contributed by atoms with Crippen LogP contribution in [-0.4, -0.2) is 25.1 Å². The molecule has 5 heteroatoms. The van der Waals surface area contributed by atoms with Crippen LogP contribution in [0.5, 0.6) is 5.75 Å². The summed E-state index contributed by atoms with van der Waals surface area (Å²) in [7, 11) is 0. The first-order valence-electron chi connectivity index (χ1n) is 6.98. The SMILES string of the molecule is CCNCc1cccc(Cl)c1OCC(=O)NC(C)CC. The maximum atomic E-state index is 11.7. The molecule has 0 radical (unpaired) electrons. The number of para-hydroxylation sites is 1. The average molecular weight is 299 g/mol. The Kier molecular flexibility index (Phi) is 7.41. The lowest BCUT2D eigenvalue weighted by atomic mass is 10.2. The average Bonchev–Trinajstić information content (AvgIpc) is 2.43. The predicted octanol–water partition coefficient (Wildman–Crippen LogP) is 2.74. The van der Waals surface area contributed by atoms with Crippen LogP contribution in [0.2, 0.25) is 5.02 Å². The van der Waals surface area contributed by atoms with Gasteiger partial charge in [-0.2, -0.15) is 0 Å². The van der Waals surface area contributed by atoms with Crippen LogP contribution < -0.4 is 15.4 Å². The quantitative estimate of drug-likeness (QED) is 0.776. The Morgan fingerprint density at radius 3 is 2.80 bits per heavy atom. The van der Waals surface area contributed by atoms with E-state index in [1.54, 1.807) is 6.07 Å². The van der Waals surface area contributed by atoms with Gasteiger partial charge in [-0.05, 0) is 26.0 Å². The van der Waals surface area contributed by atoms with Crippen LogP contribution in [0.3, 0.4) is 0 Å². The van der Waals surface area contributed by atoms with E-state index in [1.807, 2.05) is 32.9 Å². The summed E-state index contributed by atoms with van der Waals surface area (Å²) in [5.41, 5.74) is 0.954. The second kappa shape index (κ2) is 8.82. The number of amides is 1. The van der Waals surface area contributed by atoms with Gasteiger partial charge in [0.05, 0.1) is 5.02 Å². The fourth-order valence-corrected chi connectivity index (χ4v) is 1.92. The molecular weight excluding hydrogens is 276 g/mol. The molecule has 0 aliphatic rings. The smallest absolute Gasteiger partial charge is 0.258 e. The summed E-state index contributed by atoms with van der Waals surface area (Å²) < 4.78 is 5.59. The zero-order valence-corrected chi connectivity index (χ0v) is 13.1. The minimum atomic E-state index is -0.131. The summed E-state index contributed by atoms with van der Waals surface area (Å²) >= 11 is 6.14. The molecule has 1 unspecified atom stereocenters. The predicted molar refractivity (Wildman–Crippen MR) is 82.2 cm³/mol. The summed E-state index contributed by atoms with van der Waals surface area (Å²) in [6.07, 6.45) is 0.892. The van der Waals surface area contributed by atoms with Crippen LogP contribution in [0.25, 0.3) is 0 Å². The van der Waals surface area contributed by atoms with E-state index in [9.17, 15) is 4.79 Å². The van der Waals surface area contributed by atoms with Crippen LogP contribution >= 0.6 is 11.6 Å². The Balaban J connectivity index is 2.64. The molecule has 1 rings (SSSR count). The highest BCUT2D eigenvalue weighted by Crippen LogP contribution is 2.28. The minimum Gasteiger partial charge on any atom is -0.482 e.